The third-order valence-corrected chi connectivity index (χ3v) is 4.33. The molecule has 6 nitrogen and oxygen atoms in total. The first-order valence-corrected chi connectivity index (χ1v) is 8.57. The van der Waals surface area contributed by atoms with Gasteiger partial charge in [-0.15, -0.1) is 0 Å². The number of hydrogen-bond acceptors (Lipinski definition) is 5. The summed E-state index contributed by atoms with van der Waals surface area (Å²) in [6.45, 7) is -0.974. The largest absolute Gasteiger partial charge is 0.493 e. The van der Waals surface area contributed by atoms with E-state index in [9.17, 15) is 13.6 Å². The van der Waals surface area contributed by atoms with E-state index < -0.39 is 6.61 Å². The predicted octanol–water partition coefficient (Wildman–Crippen LogP) is 3.34. The Morgan fingerprint density at radius 3 is 2.81 bits per heavy atom. The molecule has 26 heavy (non-hydrogen) atoms. The third-order valence-electron chi connectivity index (χ3n) is 4.33. The molecular formula is C18H24F2N2O4. The summed E-state index contributed by atoms with van der Waals surface area (Å²) in [6.07, 6.45) is 5.81. The summed E-state index contributed by atoms with van der Waals surface area (Å²) >= 11 is 0. The van der Waals surface area contributed by atoms with Gasteiger partial charge in [0.05, 0.1) is 13.3 Å². The van der Waals surface area contributed by atoms with Gasteiger partial charge in [0.25, 0.3) is 5.91 Å². The van der Waals surface area contributed by atoms with Gasteiger partial charge in [0.1, 0.15) is 0 Å². The fourth-order valence-corrected chi connectivity index (χ4v) is 2.93. The summed E-state index contributed by atoms with van der Waals surface area (Å²) in [5, 5.41) is 6.70. The molecule has 0 aliphatic heterocycles. The van der Waals surface area contributed by atoms with Crippen LogP contribution in [0.3, 0.4) is 0 Å². The Morgan fingerprint density at radius 1 is 1.35 bits per heavy atom. The first-order valence-electron chi connectivity index (χ1n) is 8.57. The molecular weight excluding hydrogens is 346 g/mol. The fraction of sp³-hybridized carbons (Fsp3) is 0.556. The third kappa shape index (κ3) is 6.16. The Labute approximate surface area is 151 Å². The lowest BCUT2D eigenvalue weighted by Gasteiger charge is -2.29. The highest BCUT2D eigenvalue weighted by Gasteiger charge is 2.22. The number of nitrogens with zero attached hydrogens (tertiary/aromatic N) is 1. The van der Waals surface area contributed by atoms with E-state index in [-0.39, 0.29) is 30.1 Å². The number of halogens is 2. The zero-order chi connectivity index (χ0) is 18.9. The van der Waals surface area contributed by atoms with Gasteiger partial charge < -0.3 is 19.6 Å². The molecule has 0 heterocycles. The van der Waals surface area contributed by atoms with Gasteiger partial charge in [-0.2, -0.15) is 8.78 Å². The van der Waals surface area contributed by atoms with Crippen LogP contribution in [0.25, 0.3) is 0 Å². The predicted molar refractivity (Wildman–Crippen MR) is 92.7 cm³/mol. The topological polar surface area (TPSA) is 69.2 Å². The van der Waals surface area contributed by atoms with E-state index in [4.69, 9.17) is 9.57 Å². The fourth-order valence-electron chi connectivity index (χ4n) is 2.93. The molecule has 0 spiro atoms. The van der Waals surface area contributed by atoms with Crippen molar-refractivity contribution in [2.75, 3.05) is 13.7 Å². The van der Waals surface area contributed by atoms with Crippen LogP contribution in [0.15, 0.2) is 23.4 Å². The number of alkyl halides is 2. The molecule has 2 rings (SSSR count). The van der Waals surface area contributed by atoms with Crippen molar-refractivity contribution < 1.29 is 27.9 Å². The Hall–Kier alpha value is -2.38. The van der Waals surface area contributed by atoms with E-state index in [0.717, 1.165) is 19.3 Å². The van der Waals surface area contributed by atoms with E-state index in [1.54, 1.807) is 0 Å². The van der Waals surface area contributed by atoms with Gasteiger partial charge in [-0.05, 0) is 37.0 Å². The highest BCUT2D eigenvalue weighted by atomic mass is 19.3. The van der Waals surface area contributed by atoms with Gasteiger partial charge in [0.2, 0.25) is 0 Å². The molecule has 144 valence electrons. The minimum atomic E-state index is -2.93. The molecule has 8 heteroatoms. The Kier molecular flexibility index (Phi) is 7.62. The van der Waals surface area contributed by atoms with Crippen LogP contribution in [0.5, 0.6) is 11.5 Å². The second-order valence-electron chi connectivity index (χ2n) is 6.23. The average molecular weight is 370 g/mol. The van der Waals surface area contributed by atoms with Gasteiger partial charge in [-0.25, -0.2) is 0 Å². The molecule has 0 aromatic heterocycles. The summed E-state index contributed by atoms with van der Waals surface area (Å²) in [6, 6.07) is 4.55. The molecule has 0 bridgehead atoms. The molecule has 0 saturated heterocycles. The zero-order valence-corrected chi connectivity index (χ0v) is 14.9. The van der Waals surface area contributed by atoms with Crippen molar-refractivity contribution in [1.82, 2.24) is 5.32 Å². The summed E-state index contributed by atoms with van der Waals surface area (Å²) in [5.74, 6) is 0.344. The van der Waals surface area contributed by atoms with Gasteiger partial charge in [0.15, 0.2) is 18.1 Å². The molecule has 1 aliphatic rings. The lowest BCUT2D eigenvalue weighted by molar-refractivity contribution is -0.126. The van der Waals surface area contributed by atoms with Crippen molar-refractivity contribution in [1.29, 1.82) is 0 Å². The van der Waals surface area contributed by atoms with Crippen LogP contribution in [-0.4, -0.2) is 38.5 Å². The SMILES string of the molecule is COc1cc(/C=N/OCC(=O)NC2CCCCC2C)ccc1OC(F)F. The monoisotopic (exact) mass is 370 g/mol. The lowest BCUT2D eigenvalue weighted by atomic mass is 9.86. The molecule has 2 atom stereocenters. The Bertz CT molecular complexity index is 625. The number of ether oxygens (including phenoxy) is 2. The minimum absolute atomic E-state index is 0.0680. The number of methoxy groups -OCH3 is 1. The van der Waals surface area contributed by atoms with Crippen LogP contribution in [0.4, 0.5) is 8.78 Å². The highest BCUT2D eigenvalue weighted by molar-refractivity contribution is 5.81. The molecule has 1 saturated carbocycles. The normalized spacial score (nSPS) is 20.2. The van der Waals surface area contributed by atoms with E-state index >= 15 is 0 Å². The van der Waals surface area contributed by atoms with Crippen molar-refractivity contribution in [2.24, 2.45) is 11.1 Å². The van der Waals surface area contributed by atoms with Crippen molar-refractivity contribution in [3.8, 4) is 11.5 Å². The Morgan fingerprint density at radius 2 is 2.12 bits per heavy atom. The summed E-state index contributed by atoms with van der Waals surface area (Å²) < 4.78 is 33.9. The van der Waals surface area contributed by atoms with Crippen LogP contribution in [0.1, 0.15) is 38.2 Å². The van der Waals surface area contributed by atoms with Crippen LogP contribution in [0, 0.1) is 5.92 Å². The molecule has 1 N–H and O–H groups in total. The maximum atomic E-state index is 12.3. The van der Waals surface area contributed by atoms with E-state index in [0.29, 0.717) is 11.5 Å². The summed E-state index contributed by atoms with van der Waals surface area (Å²) in [5.41, 5.74) is 0.560. The number of rotatable bonds is 8. The summed E-state index contributed by atoms with van der Waals surface area (Å²) in [7, 11) is 1.35. The smallest absolute Gasteiger partial charge is 0.387 e. The van der Waals surface area contributed by atoms with Gasteiger partial charge in [-0.3, -0.25) is 4.79 Å². The number of nitrogens with one attached hydrogen (secondary N) is 1. The van der Waals surface area contributed by atoms with E-state index in [2.05, 4.69) is 22.1 Å². The molecule has 2 unspecified atom stereocenters. The van der Waals surface area contributed by atoms with Gasteiger partial charge in [-0.1, -0.05) is 24.9 Å². The number of hydrogen-bond donors (Lipinski definition) is 1. The summed E-state index contributed by atoms with van der Waals surface area (Å²) in [4.78, 5) is 16.9. The number of carbonyl (C=O) groups excluding carboxylic acids is 1. The zero-order valence-electron chi connectivity index (χ0n) is 14.9. The van der Waals surface area contributed by atoms with E-state index in [1.807, 2.05) is 0 Å². The Balaban J connectivity index is 1.81. The first kappa shape index (κ1) is 19.9. The second-order valence-corrected chi connectivity index (χ2v) is 6.23. The quantitative estimate of drug-likeness (QED) is 0.563. The second kappa shape index (κ2) is 9.94. The van der Waals surface area contributed by atoms with Gasteiger partial charge in [0, 0.05) is 11.6 Å². The van der Waals surface area contributed by atoms with Crippen LogP contribution < -0.4 is 14.8 Å². The number of amides is 1. The van der Waals surface area contributed by atoms with E-state index in [1.165, 1.54) is 37.9 Å². The average Bonchev–Trinajstić information content (AvgIpc) is 2.61. The molecule has 1 aromatic carbocycles. The maximum absolute atomic E-state index is 12.3. The van der Waals surface area contributed by atoms with Crippen molar-refractivity contribution in [2.45, 2.75) is 45.3 Å². The number of oxime groups is 1. The van der Waals surface area contributed by atoms with Crippen LogP contribution in [-0.2, 0) is 9.63 Å². The highest BCUT2D eigenvalue weighted by Crippen LogP contribution is 2.29. The standard InChI is InChI=1S/C18H24F2N2O4/c1-12-5-3-4-6-14(12)22-17(23)11-25-21-10-13-7-8-15(26-18(19)20)16(9-13)24-2/h7-10,12,14,18H,3-6,11H2,1-2H3,(H,22,23)/b21-10+. The van der Waals surface area contributed by atoms with Crippen LogP contribution in [0.2, 0.25) is 0 Å². The van der Waals surface area contributed by atoms with Crippen molar-refractivity contribution >= 4 is 12.1 Å². The molecule has 1 fully saturated rings. The minimum Gasteiger partial charge on any atom is -0.493 e. The maximum Gasteiger partial charge on any atom is 0.387 e. The van der Waals surface area contributed by atoms with Crippen molar-refractivity contribution in [3.05, 3.63) is 23.8 Å². The van der Waals surface area contributed by atoms with Crippen LogP contribution >= 0.6 is 0 Å². The molecule has 1 amide bonds. The molecule has 0 radical (unpaired) electrons. The molecule has 1 aliphatic carbocycles. The van der Waals surface area contributed by atoms with Crippen molar-refractivity contribution in [3.63, 3.8) is 0 Å². The number of benzene rings is 1. The van der Waals surface area contributed by atoms with Gasteiger partial charge >= 0.3 is 6.61 Å². The lowest BCUT2D eigenvalue weighted by Crippen LogP contribution is -2.42. The first-order chi connectivity index (χ1) is 12.5. The molecule has 1 aromatic rings. The number of carbonyl (C=O) groups is 1.